The highest BCUT2D eigenvalue weighted by Gasteiger charge is 2.23. The van der Waals surface area contributed by atoms with Crippen LogP contribution in [0.3, 0.4) is 0 Å². The first-order valence-electron chi connectivity index (χ1n) is 11.7. The molecule has 0 bridgehead atoms. The number of nitrogens with one attached hydrogen (secondary N) is 3. The number of aromatic nitrogens is 2. The highest BCUT2D eigenvalue weighted by molar-refractivity contribution is 7.20. The molecule has 0 aliphatic carbocycles. The van der Waals surface area contributed by atoms with Crippen molar-refractivity contribution in [1.29, 1.82) is 0 Å². The molecule has 35 heavy (non-hydrogen) atoms. The Morgan fingerprint density at radius 2 is 1.77 bits per heavy atom. The number of thiophene rings is 1. The van der Waals surface area contributed by atoms with Crippen molar-refractivity contribution in [2.24, 2.45) is 0 Å². The Labute approximate surface area is 206 Å². The predicted molar refractivity (Wildman–Crippen MR) is 135 cm³/mol. The lowest BCUT2D eigenvalue weighted by Crippen LogP contribution is -2.40. The summed E-state index contributed by atoms with van der Waals surface area (Å²) < 4.78 is 13.2. The highest BCUT2D eigenvalue weighted by Crippen LogP contribution is 2.30. The van der Waals surface area contributed by atoms with Crippen molar-refractivity contribution < 1.29 is 14.0 Å². The van der Waals surface area contributed by atoms with Gasteiger partial charge in [0.25, 0.3) is 11.8 Å². The summed E-state index contributed by atoms with van der Waals surface area (Å²) in [7, 11) is 0. The van der Waals surface area contributed by atoms with E-state index < -0.39 is 11.7 Å². The van der Waals surface area contributed by atoms with Crippen LogP contribution in [0.2, 0.25) is 0 Å². The van der Waals surface area contributed by atoms with Crippen LogP contribution in [0.15, 0.2) is 60.7 Å². The number of hydrogen-bond acceptors (Lipinski definition) is 5. The normalized spacial score (nSPS) is 15.1. The molecule has 180 valence electrons. The third-order valence-corrected chi connectivity index (χ3v) is 7.24. The third kappa shape index (κ3) is 5.41. The minimum absolute atomic E-state index is 0.129. The Morgan fingerprint density at radius 3 is 2.51 bits per heavy atom. The molecule has 1 aliphatic heterocycles. The first-order valence-corrected chi connectivity index (χ1v) is 12.5. The molecule has 0 radical (unpaired) electrons. The molecule has 4 aromatic rings. The number of amides is 2. The highest BCUT2D eigenvalue weighted by atomic mass is 32.1. The molecule has 7 nitrogen and oxygen atoms in total. The molecule has 1 fully saturated rings. The van der Waals surface area contributed by atoms with Crippen LogP contribution < -0.4 is 10.6 Å². The van der Waals surface area contributed by atoms with Gasteiger partial charge in [-0.2, -0.15) is 5.10 Å². The van der Waals surface area contributed by atoms with Crippen LogP contribution in [0.25, 0.3) is 10.2 Å². The summed E-state index contributed by atoms with van der Waals surface area (Å²) in [5.41, 5.74) is 1.39. The first kappa shape index (κ1) is 23.2. The van der Waals surface area contributed by atoms with Gasteiger partial charge in [0.1, 0.15) is 16.5 Å². The standard InChI is InChI=1S/C26H26FN5O2S/c27-19-11-9-18(10-12-19)24(33)29-23-20-15-22(35-26(20)31-30-23)25(34)28-21(17-7-3-1-4-8-17)16-32-13-5-2-6-14-32/h1,3-4,7-12,15,21H,2,5-6,13-14,16H2,(H,28,34)(H2,29,30,31,33)/t21-/m1/s1. The summed E-state index contributed by atoms with van der Waals surface area (Å²) in [6, 6.07) is 16.9. The van der Waals surface area contributed by atoms with E-state index in [1.165, 1.54) is 54.9 Å². The summed E-state index contributed by atoms with van der Waals surface area (Å²) in [6.07, 6.45) is 3.63. The van der Waals surface area contributed by atoms with Gasteiger partial charge in [-0.3, -0.25) is 14.7 Å². The van der Waals surface area contributed by atoms with E-state index >= 15 is 0 Å². The van der Waals surface area contributed by atoms with E-state index in [1.54, 1.807) is 6.07 Å². The molecule has 0 saturated carbocycles. The summed E-state index contributed by atoms with van der Waals surface area (Å²) in [6.45, 7) is 2.85. The Bertz CT molecular complexity index is 1310. The quantitative estimate of drug-likeness (QED) is 0.340. The summed E-state index contributed by atoms with van der Waals surface area (Å²) in [5, 5.41) is 13.7. The van der Waals surface area contributed by atoms with Gasteiger partial charge in [0.05, 0.1) is 16.3 Å². The van der Waals surface area contributed by atoms with Crippen molar-refractivity contribution in [1.82, 2.24) is 20.4 Å². The average molecular weight is 492 g/mol. The van der Waals surface area contributed by atoms with Gasteiger partial charge in [0, 0.05) is 12.1 Å². The molecule has 2 aromatic carbocycles. The van der Waals surface area contributed by atoms with Crippen molar-refractivity contribution in [2.75, 3.05) is 25.0 Å². The molecule has 0 spiro atoms. The lowest BCUT2D eigenvalue weighted by Gasteiger charge is -2.31. The van der Waals surface area contributed by atoms with Gasteiger partial charge < -0.3 is 15.5 Å². The fourth-order valence-electron chi connectivity index (χ4n) is 4.35. The maximum atomic E-state index is 13.2. The average Bonchev–Trinajstić information content (AvgIpc) is 3.47. The van der Waals surface area contributed by atoms with Gasteiger partial charge in [-0.25, -0.2) is 4.39 Å². The van der Waals surface area contributed by atoms with Crippen LogP contribution in [0.1, 0.15) is 50.9 Å². The van der Waals surface area contributed by atoms with Crippen molar-refractivity contribution in [3.63, 3.8) is 0 Å². The van der Waals surface area contributed by atoms with E-state index in [-0.39, 0.29) is 11.9 Å². The molecular formula is C26H26FN5O2S. The Morgan fingerprint density at radius 1 is 1.03 bits per heavy atom. The Hall–Kier alpha value is -3.56. The number of halogens is 1. The van der Waals surface area contributed by atoms with Crippen LogP contribution in [-0.4, -0.2) is 46.5 Å². The molecule has 1 aliphatic rings. The number of H-pyrrole nitrogens is 1. The minimum atomic E-state index is -0.409. The van der Waals surface area contributed by atoms with Gasteiger partial charge in [-0.05, 0) is 61.8 Å². The van der Waals surface area contributed by atoms with Crippen molar-refractivity contribution in [3.8, 4) is 0 Å². The molecule has 2 amide bonds. The number of piperidine rings is 1. The number of fused-ring (bicyclic) bond motifs is 1. The predicted octanol–water partition coefficient (Wildman–Crippen LogP) is 4.97. The van der Waals surface area contributed by atoms with Gasteiger partial charge in [0.15, 0.2) is 0 Å². The van der Waals surface area contributed by atoms with E-state index in [4.69, 9.17) is 0 Å². The largest absolute Gasteiger partial charge is 0.343 e. The number of carbonyl (C=O) groups is 2. The van der Waals surface area contributed by atoms with Crippen LogP contribution in [0.4, 0.5) is 10.2 Å². The second-order valence-electron chi connectivity index (χ2n) is 8.69. The number of aromatic amines is 1. The van der Waals surface area contributed by atoms with E-state index in [0.29, 0.717) is 26.5 Å². The first-order chi connectivity index (χ1) is 17.1. The van der Waals surface area contributed by atoms with Gasteiger partial charge in [0.2, 0.25) is 0 Å². The van der Waals surface area contributed by atoms with E-state index in [1.807, 2.05) is 30.3 Å². The van der Waals surface area contributed by atoms with Crippen LogP contribution in [0.5, 0.6) is 0 Å². The zero-order valence-corrected chi connectivity index (χ0v) is 19.9. The topological polar surface area (TPSA) is 90.1 Å². The molecule has 2 aromatic heterocycles. The van der Waals surface area contributed by atoms with Crippen molar-refractivity contribution in [3.05, 3.63) is 82.5 Å². The number of rotatable bonds is 7. The summed E-state index contributed by atoms with van der Waals surface area (Å²) in [5.74, 6) is -0.571. The molecule has 3 N–H and O–H groups in total. The number of likely N-dealkylation sites (tertiary alicyclic amines) is 1. The van der Waals surface area contributed by atoms with Crippen LogP contribution >= 0.6 is 11.3 Å². The number of carbonyl (C=O) groups excluding carboxylic acids is 2. The monoisotopic (exact) mass is 491 g/mol. The molecular weight excluding hydrogens is 465 g/mol. The smallest absolute Gasteiger partial charge is 0.261 e. The number of anilines is 1. The number of benzene rings is 2. The van der Waals surface area contributed by atoms with Crippen LogP contribution in [0, 0.1) is 5.82 Å². The molecule has 1 atom stereocenters. The second kappa shape index (κ2) is 10.4. The zero-order valence-electron chi connectivity index (χ0n) is 19.1. The second-order valence-corrected chi connectivity index (χ2v) is 9.72. The number of nitrogens with zero attached hydrogens (tertiary/aromatic N) is 2. The molecule has 0 unspecified atom stereocenters. The SMILES string of the molecule is O=C(Nc1[nH]nc2sc(C(=O)N[C@H](CN3CCCCC3)c3ccccc3)cc12)c1ccc(F)cc1. The maximum absolute atomic E-state index is 13.2. The van der Waals surface area contributed by atoms with Gasteiger partial charge in [-0.15, -0.1) is 11.3 Å². The lowest BCUT2D eigenvalue weighted by atomic mass is 10.0. The fourth-order valence-corrected chi connectivity index (χ4v) is 5.25. The molecule has 5 rings (SSSR count). The zero-order chi connectivity index (χ0) is 24.2. The lowest BCUT2D eigenvalue weighted by molar-refractivity contribution is 0.0923. The number of hydrogen-bond donors (Lipinski definition) is 3. The van der Waals surface area contributed by atoms with Gasteiger partial charge in [-0.1, -0.05) is 36.8 Å². The Balaban J connectivity index is 1.32. The molecule has 9 heteroatoms. The third-order valence-electron chi connectivity index (χ3n) is 6.22. The van der Waals surface area contributed by atoms with Gasteiger partial charge >= 0.3 is 0 Å². The van der Waals surface area contributed by atoms with E-state index in [2.05, 4.69) is 25.7 Å². The maximum Gasteiger partial charge on any atom is 0.261 e. The molecule has 1 saturated heterocycles. The Kier molecular flexibility index (Phi) is 6.87. The fraction of sp³-hybridized carbons (Fsp3) is 0.269. The van der Waals surface area contributed by atoms with Crippen LogP contribution in [-0.2, 0) is 0 Å². The summed E-state index contributed by atoms with van der Waals surface area (Å²) >= 11 is 1.27. The summed E-state index contributed by atoms with van der Waals surface area (Å²) in [4.78, 5) is 29.3. The minimum Gasteiger partial charge on any atom is -0.343 e. The van der Waals surface area contributed by atoms with Crippen molar-refractivity contribution in [2.45, 2.75) is 25.3 Å². The molecule has 3 heterocycles. The van der Waals surface area contributed by atoms with Crippen molar-refractivity contribution >= 4 is 39.2 Å². The van der Waals surface area contributed by atoms with E-state index in [0.717, 1.165) is 25.2 Å². The van der Waals surface area contributed by atoms with E-state index in [9.17, 15) is 14.0 Å².